The minimum Gasteiger partial charge on any atom is -0.297 e. The van der Waals surface area contributed by atoms with Crippen LogP contribution in [0.25, 0.3) is 11.1 Å². The molecule has 6 heteroatoms. The van der Waals surface area contributed by atoms with E-state index in [1.807, 2.05) is 12.1 Å². The van der Waals surface area contributed by atoms with Gasteiger partial charge in [-0.15, -0.1) is 22.7 Å². The summed E-state index contributed by atoms with van der Waals surface area (Å²) in [6.45, 7) is 24.8. The van der Waals surface area contributed by atoms with Crippen molar-refractivity contribution in [1.29, 1.82) is 0 Å². The lowest BCUT2D eigenvalue weighted by molar-refractivity contribution is -0.115. The summed E-state index contributed by atoms with van der Waals surface area (Å²) in [5, 5.41) is 0. The van der Waals surface area contributed by atoms with E-state index in [-0.39, 0.29) is 11.6 Å². The largest absolute Gasteiger partial charge is 0.297 e. The molecule has 44 heavy (non-hydrogen) atoms. The molecule has 0 fully saturated rings. The number of thiophene rings is 2. The molecule has 2 spiro atoms. The zero-order valence-corrected chi connectivity index (χ0v) is 29.7. The highest BCUT2D eigenvalue weighted by molar-refractivity contribution is 7.16. The van der Waals surface area contributed by atoms with Crippen molar-refractivity contribution in [3.63, 3.8) is 0 Å². The first kappa shape index (κ1) is 32.4. The summed E-state index contributed by atoms with van der Waals surface area (Å²) in [5.74, 6) is 0.0500. The zero-order valence-electron chi connectivity index (χ0n) is 28.1. The Morgan fingerprint density at radius 1 is 0.500 bits per heavy atom. The van der Waals surface area contributed by atoms with Gasteiger partial charge in [-0.3, -0.25) is 19.2 Å². The number of carbonyl (C=O) groups is 4. The second-order valence-electron chi connectivity index (χ2n) is 16.6. The molecule has 2 aromatic heterocycles. The van der Waals surface area contributed by atoms with Crippen LogP contribution in [-0.2, 0) is 20.4 Å². The molecule has 0 radical (unpaired) electrons. The summed E-state index contributed by atoms with van der Waals surface area (Å²) >= 11 is 2.88. The molecule has 0 amide bonds. The number of allylic oxidation sites excluding steroid dienone is 8. The first-order valence-corrected chi connectivity index (χ1v) is 16.9. The lowest BCUT2D eigenvalue weighted by Gasteiger charge is -2.53. The predicted octanol–water partition coefficient (Wildman–Crippen LogP) is 9.65. The highest BCUT2D eigenvalue weighted by Crippen LogP contribution is 2.66. The molecule has 0 saturated carbocycles. The molecule has 3 aliphatic rings. The molecule has 2 heterocycles. The molecule has 5 rings (SSSR count). The van der Waals surface area contributed by atoms with E-state index in [1.165, 1.54) is 22.7 Å². The van der Waals surface area contributed by atoms with Crippen LogP contribution in [0.5, 0.6) is 0 Å². The van der Waals surface area contributed by atoms with E-state index in [4.69, 9.17) is 0 Å². The van der Waals surface area contributed by atoms with Crippen LogP contribution in [-0.4, -0.2) is 24.1 Å². The van der Waals surface area contributed by atoms with Gasteiger partial charge in [0.25, 0.3) is 0 Å². The van der Waals surface area contributed by atoms with E-state index in [1.54, 1.807) is 0 Å². The maximum Gasteiger partial charge on any atom is 0.185 e. The number of carbonyl (C=O) groups excluding carboxylic acids is 4. The lowest BCUT2D eigenvalue weighted by atomic mass is 9.49. The number of aldehydes is 2. The molecule has 0 N–H and O–H groups in total. The number of ketones is 2. The topological polar surface area (TPSA) is 68.3 Å². The first-order valence-electron chi connectivity index (χ1n) is 15.2. The van der Waals surface area contributed by atoms with Crippen molar-refractivity contribution in [2.24, 2.45) is 21.7 Å². The van der Waals surface area contributed by atoms with Crippen LogP contribution in [0.3, 0.4) is 0 Å². The summed E-state index contributed by atoms with van der Waals surface area (Å²) in [5.41, 5.74) is 0.811. The molecule has 2 aromatic rings. The highest BCUT2D eigenvalue weighted by atomic mass is 32.1. The second-order valence-corrected chi connectivity index (χ2v) is 18.8. The van der Waals surface area contributed by atoms with Crippen LogP contribution in [0, 0.1) is 21.7 Å². The zero-order chi connectivity index (χ0) is 33.0. The van der Waals surface area contributed by atoms with Crippen molar-refractivity contribution in [2.45, 2.75) is 93.9 Å². The normalized spacial score (nSPS) is 19.6. The summed E-state index contributed by atoms with van der Waals surface area (Å²) in [7, 11) is 0. The smallest absolute Gasteiger partial charge is 0.185 e. The Bertz CT molecular complexity index is 1550. The van der Waals surface area contributed by atoms with Crippen molar-refractivity contribution in [3.05, 3.63) is 78.2 Å². The highest BCUT2D eigenvalue weighted by Gasteiger charge is 2.60. The second kappa shape index (κ2) is 9.77. The standard InChI is InChI=1S/C38H44O4S2/c1-33(2,3)25-15-37(16-26(29(25)41)34(4,5)6)31-23(13-21(19-39)43-31)24-14-22(20-40)44-32(24)38(37)17-27(35(7,8)9)30(42)28(18-38)36(10,11)12/h13-20H,1-12H3. The van der Waals surface area contributed by atoms with Gasteiger partial charge in [-0.1, -0.05) is 107 Å². The van der Waals surface area contributed by atoms with E-state index in [0.717, 1.165) is 33.5 Å². The van der Waals surface area contributed by atoms with E-state index in [2.05, 4.69) is 107 Å². The van der Waals surface area contributed by atoms with Crippen LogP contribution >= 0.6 is 22.7 Å². The third-order valence-electron chi connectivity index (χ3n) is 9.16. The molecule has 3 aliphatic carbocycles. The van der Waals surface area contributed by atoms with Crippen molar-refractivity contribution < 1.29 is 19.2 Å². The summed E-state index contributed by atoms with van der Waals surface area (Å²) < 4.78 is 0. The van der Waals surface area contributed by atoms with Gasteiger partial charge in [-0.25, -0.2) is 0 Å². The van der Waals surface area contributed by atoms with Crippen molar-refractivity contribution in [1.82, 2.24) is 0 Å². The summed E-state index contributed by atoms with van der Waals surface area (Å²) in [4.78, 5) is 56.5. The van der Waals surface area contributed by atoms with Gasteiger partial charge in [0.2, 0.25) is 0 Å². The van der Waals surface area contributed by atoms with Gasteiger partial charge >= 0.3 is 0 Å². The average molecular weight is 629 g/mol. The van der Waals surface area contributed by atoms with Gasteiger partial charge in [-0.05, 0) is 44.9 Å². The number of hydrogen-bond donors (Lipinski definition) is 0. The third-order valence-corrected chi connectivity index (χ3v) is 11.6. The lowest BCUT2D eigenvalue weighted by Crippen LogP contribution is -2.52. The SMILES string of the molecule is CC(C)(C)C1=CC2(C=C(C(C)(C)C)C1=O)c1sc(C=O)cc1-c1cc(C=O)sc1C21C=C(C(C)(C)C)C(=O)C(C(C)(C)C)=C1. The molecule has 232 valence electrons. The molecule has 0 atom stereocenters. The Morgan fingerprint density at radius 3 is 0.955 bits per heavy atom. The van der Waals surface area contributed by atoms with Gasteiger partial charge in [0.1, 0.15) is 0 Å². The summed E-state index contributed by atoms with van der Waals surface area (Å²) in [6, 6.07) is 3.84. The molecular formula is C38H44O4S2. The fourth-order valence-electron chi connectivity index (χ4n) is 6.84. The first-order chi connectivity index (χ1) is 20.0. The van der Waals surface area contributed by atoms with Crippen molar-refractivity contribution >= 4 is 46.8 Å². The molecular weight excluding hydrogens is 585 g/mol. The van der Waals surface area contributed by atoms with Gasteiger partial charge in [0.15, 0.2) is 24.1 Å². The third kappa shape index (κ3) is 4.67. The molecule has 0 aromatic carbocycles. The Hall–Kier alpha value is -2.96. The number of Topliss-reactive ketones (excluding diaryl/α,β-unsaturated/α-hetero) is 2. The minimum absolute atomic E-state index is 0.0250. The monoisotopic (exact) mass is 628 g/mol. The average Bonchev–Trinajstić information content (AvgIpc) is 3.51. The van der Waals surface area contributed by atoms with E-state index in [0.29, 0.717) is 32.0 Å². The minimum atomic E-state index is -0.945. The molecule has 0 bridgehead atoms. The summed E-state index contributed by atoms with van der Waals surface area (Å²) in [6.07, 6.45) is 10.3. The van der Waals surface area contributed by atoms with Gasteiger partial charge in [0, 0.05) is 32.0 Å². The Balaban J connectivity index is 2.13. The van der Waals surface area contributed by atoms with Gasteiger partial charge < -0.3 is 0 Å². The number of hydrogen-bond acceptors (Lipinski definition) is 6. The molecule has 0 unspecified atom stereocenters. The van der Waals surface area contributed by atoms with Gasteiger partial charge in [-0.2, -0.15) is 0 Å². The van der Waals surface area contributed by atoms with Crippen LogP contribution in [0.15, 0.2) is 58.7 Å². The Kier molecular flexibility index (Phi) is 7.20. The van der Waals surface area contributed by atoms with E-state index < -0.39 is 32.5 Å². The molecule has 0 saturated heterocycles. The molecule has 0 aliphatic heterocycles. The Labute approximate surface area is 270 Å². The van der Waals surface area contributed by atoms with Crippen LogP contribution in [0.1, 0.15) is 112 Å². The van der Waals surface area contributed by atoms with E-state index >= 15 is 0 Å². The molecule has 4 nitrogen and oxygen atoms in total. The number of fused-ring (bicyclic) bond motifs is 6. The van der Waals surface area contributed by atoms with Crippen LogP contribution in [0.4, 0.5) is 0 Å². The van der Waals surface area contributed by atoms with E-state index in [9.17, 15) is 19.2 Å². The maximum absolute atomic E-state index is 14.4. The fourth-order valence-corrected chi connectivity index (χ4v) is 9.23. The quantitative estimate of drug-likeness (QED) is 0.311. The van der Waals surface area contributed by atoms with Crippen molar-refractivity contribution in [3.8, 4) is 11.1 Å². The van der Waals surface area contributed by atoms with Crippen LogP contribution in [0.2, 0.25) is 0 Å². The predicted molar refractivity (Wildman–Crippen MR) is 182 cm³/mol. The Morgan fingerprint density at radius 2 is 0.750 bits per heavy atom. The maximum atomic E-state index is 14.4. The fraction of sp³-hybridized carbons (Fsp3) is 0.474. The number of rotatable bonds is 2. The van der Waals surface area contributed by atoms with Crippen molar-refractivity contribution in [2.75, 3.05) is 0 Å². The van der Waals surface area contributed by atoms with Crippen LogP contribution < -0.4 is 0 Å². The van der Waals surface area contributed by atoms with Gasteiger partial charge in [0.05, 0.1) is 20.6 Å².